The first kappa shape index (κ1) is 28.8. The van der Waals surface area contributed by atoms with Crippen molar-refractivity contribution in [3.63, 3.8) is 0 Å². The fourth-order valence-electron chi connectivity index (χ4n) is 6.63. The molecule has 47 heavy (non-hydrogen) atoms. The van der Waals surface area contributed by atoms with Crippen LogP contribution in [0.15, 0.2) is 47.5 Å². The van der Waals surface area contributed by atoms with Crippen LogP contribution >= 0.6 is 45.3 Å². The molecule has 0 bridgehead atoms. The SMILES string of the molecule is CC1(C)c2cc(C=C3C(=O)c4cc(F)c(F)cc4C3=O)sc2-c2sc3c(sc4cc(C=C5C(=O)c6cc(F)c(F)cc6C5=O)sc43)c21. The number of ketones is 4. The predicted octanol–water partition coefficient (Wildman–Crippen LogP) is 10.0. The summed E-state index contributed by atoms with van der Waals surface area (Å²) in [5, 5.41) is 0. The number of fused-ring (bicyclic) bond motifs is 9. The number of rotatable bonds is 2. The van der Waals surface area contributed by atoms with E-state index < -0.39 is 51.8 Å². The third-order valence-corrected chi connectivity index (χ3v) is 14.0. The van der Waals surface area contributed by atoms with Crippen molar-refractivity contribution in [1.82, 2.24) is 0 Å². The largest absolute Gasteiger partial charge is 0.288 e. The molecular formula is C35H14F4O4S4. The van der Waals surface area contributed by atoms with E-state index in [9.17, 15) is 36.7 Å². The predicted molar refractivity (Wildman–Crippen MR) is 177 cm³/mol. The molecule has 0 saturated heterocycles. The van der Waals surface area contributed by atoms with E-state index in [4.69, 9.17) is 0 Å². The second-order valence-corrected chi connectivity index (χ2v) is 16.2. The summed E-state index contributed by atoms with van der Waals surface area (Å²) in [6.45, 7) is 4.23. The van der Waals surface area contributed by atoms with Gasteiger partial charge in [-0.15, -0.1) is 45.3 Å². The zero-order valence-electron chi connectivity index (χ0n) is 23.9. The number of halogens is 4. The molecule has 0 spiro atoms. The summed E-state index contributed by atoms with van der Waals surface area (Å²) >= 11 is 6.11. The molecule has 0 fully saturated rings. The fourth-order valence-corrected chi connectivity index (χ4v) is 12.6. The summed E-state index contributed by atoms with van der Waals surface area (Å²) in [6.07, 6.45) is 2.98. The van der Waals surface area contributed by atoms with E-state index in [0.29, 0.717) is 9.75 Å². The maximum absolute atomic E-state index is 13.8. The number of carbonyl (C=O) groups excluding carboxylic acids is 4. The lowest BCUT2D eigenvalue weighted by Gasteiger charge is -2.19. The minimum Gasteiger partial charge on any atom is -0.288 e. The minimum atomic E-state index is -1.18. The molecule has 9 rings (SSSR count). The second-order valence-electron chi connectivity index (χ2n) is 12.0. The molecule has 4 heterocycles. The molecule has 12 heteroatoms. The van der Waals surface area contributed by atoms with E-state index >= 15 is 0 Å². The standard InChI is InChI=1S/C35H14F4O4S4/c1-35(2)19-5-11(3-17-26(40)13-7-20(36)21(37)8-14(13)27(17)41)44-30(19)32-25(35)33-34(47-32)31-24(46-33)6-12(45-31)4-18-28(42)15-9-22(38)23(39)10-16(15)29(18)43/h3-10H,1-2H3. The molecule has 230 valence electrons. The third-order valence-electron chi connectivity index (χ3n) is 8.91. The maximum Gasteiger partial charge on any atom is 0.197 e. The van der Waals surface area contributed by atoms with Crippen molar-refractivity contribution in [2.45, 2.75) is 19.3 Å². The molecule has 0 amide bonds. The summed E-state index contributed by atoms with van der Waals surface area (Å²) in [5.74, 6) is -7.28. The van der Waals surface area contributed by atoms with Crippen LogP contribution in [0.25, 0.3) is 40.7 Å². The molecule has 0 unspecified atom stereocenters. The normalized spacial score (nSPS) is 16.1. The molecule has 3 aliphatic carbocycles. The van der Waals surface area contributed by atoms with Gasteiger partial charge in [-0.05, 0) is 59.7 Å². The van der Waals surface area contributed by atoms with Gasteiger partial charge in [-0.3, -0.25) is 19.2 Å². The Morgan fingerprint density at radius 2 is 1.00 bits per heavy atom. The Balaban J connectivity index is 1.10. The number of hydrogen-bond donors (Lipinski definition) is 0. The first-order chi connectivity index (χ1) is 22.3. The van der Waals surface area contributed by atoms with E-state index in [-0.39, 0.29) is 33.4 Å². The Morgan fingerprint density at radius 3 is 1.49 bits per heavy atom. The van der Waals surface area contributed by atoms with Crippen molar-refractivity contribution < 1.29 is 36.7 Å². The van der Waals surface area contributed by atoms with Crippen LogP contribution in [0.3, 0.4) is 0 Å². The van der Waals surface area contributed by atoms with Crippen LogP contribution in [-0.4, -0.2) is 23.1 Å². The summed E-state index contributed by atoms with van der Waals surface area (Å²) in [5.41, 5.74) is 0.996. The average molecular weight is 703 g/mol. The highest BCUT2D eigenvalue weighted by atomic mass is 32.1. The fraction of sp³-hybridized carbons (Fsp3) is 0.0857. The van der Waals surface area contributed by atoms with Gasteiger partial charge in [0.25, 0.3) is 0 Å². The van der Waals surface area contributed by atoms with Crippen molar-refractivity contribution in [2.75, 3.05) is 0 Å². The quantitative estimate of drug-likeness (QED) is 0.102. The van der Waals surface area contributed by atoms with E-state index in [1.54, 1.807) is 22.7 Å². The highest BCUT2D eigenvalue weighted by molar-refractivity contribution is 7.40. The van der Waals surface area contributed by atoms with Gasteiger partial charge in [0.1, 0.15) is 0 Å². The number of Topliss-reactive ketones (excluding diaryl/α,β-unsaturated/α-hetero) is 4. The topological polar surface area (TPSA) is 68.3 Å². The smallest absolute Gasteiger partial charge is 0.197 e. The van der Waals surface area contributed by atoms with Crippen LogP contribution in [0.2, 0.25) is 0 Å². The molecule has 6 aromatic rings. The Hall–Kier alpha value is -4.36. The van der Waals surface area contributed by atoms with Gasteiger partial charge < -0.3 is 0 Å². The molecule has 0 aliphatic heterocycles. The number of benzene rings is 2. The first-order valence-corrected chi connectivity index (χ1v) is 17.3. The Labute approximate surface area is 277 Å². The van der Waals surface area contributed by atoms with Crippen molar-refractivity contribution in [2.24, 2.45) is 0 Å². The van der Waals surface area contributed by atoms with E-state index in [0.717, 1.165) is 58.4 Å². The monoisotopic (exact) mass is 702 g/mol. The van der Waals surface area contributed by atoms with E-state index in [2.05, 4.69) is 13.8 Å². The zero-order chi connectivity index (χ0) is 32.8. The van der Waals surface area contributed by atoms with Gasteiger partial charge in [-0.25, -0.2) is 17.6 Å². The second kappa shape index (κ2) is 9.38. The number of carbonyl (C=O) groups is 4. The molecule has 0 N–H and O–H groups in total. The third kappa shape index (κ3) is 3.78. The molecule has 0 saturated carbocycles. The molecule has 4 nitrogen and oxygen atoms in total. The maximum atomic E-state index is 13.8. The lowest BCUT2D eigenvalue weighted by Crippen LogP contribution is -2.13. The average Bonchev–Trinajstić information content (AvgIpc) is 3.85. The highest BCUT2D eigenvalue weighted by Crippen LogP contribution is 2.61. The van der Waals surface area contributed by atoms with Crippen LogP contribution in [0.1, 0.15) is 76.2 Å². The Kier molecular flexibility index (Phi) is 5.75. The van der Waals surface area contributed by atoms with Crippen LogP contribution in [0.5, 0.6) is 0 Å². The van der Waals surface area contributed by atoms with Crippen LogP contribution in [-0.2, 0) is 5.41 Å². The van der Waals surface area contributed by atoms with E-state index in [1.807, 2.05) is 12.1 Å². The minimum absolute atomic E-state index is 0.130. The van der Waals surface area contributed by atoms with Crippen LogP contribution in [0.4, 0.5) is 17.6 Å². The Morgan fingerprint density at radius 1 is 0.532 bits per heavy atom. The summed E-state index contributed by atoms with van der Waals surface area (Å²) < 4.78 is 59.4. The van der Waals surface area contributed by atoms with Crippen LogP contribution in [0, 0.1) is 23.3 Å². The number of thiophene rings is 4. The summed E-state index contributed by atoms with van der Waals surface area (Å²) in [6, 6.07) is 6.94. The molecule has 3 aliphatic rings. The first-order valence-electron chi connectivity index (χ1n) is 14.1. The van der Waals surface area contributed by atoms with Gasteiger partial charge in [0.15, 0.2) is 46.4 Å². The van der Waals surface area contributed by atoms with Crippen molar-refractivity contribution in [1.29, 1.82) is 0 Å². The van der Waals surface area contributed by atoms with Crippen molar-refractivity contribution in [3.05, 3.63) is 114 Å². The van der Waals surface area contributed by atoms with Crippen molar-refractivity contribution >= 4 is 99.4 Å². The summed E-state index contributed by atoms with van der Waals surface area (Å²) in [7, 11) is 0. The summed E-state index contributed by atoms with van der Waals surface area (Å²) in [4.78, 5) is 55.2. The lowest BCUT2D eigenvalue weighted by atomic mass is 9.84. The van der Waals surface area contributed by atoms with Gasteiger partial charge in [0, 0.05) is 47.0 Å². The zero-order valence-corrected chi connectivity index (χ0v) is 27.2. The van der Waals surface area contributed by atoms with Crippen LogP contribution < -0.4 is 0 Å². The van der Waals surface area contributed by atoms with Gasteiger partial charge in [0.05, 0.1) is 30.1 Å². The highest BCUT2D eigenvalue weighted by Gasteiger charge is 2.42. The molecule has 0 radical (unpaired) electrons. The van der Waals surface area contributed by atoms with Gasteiger partial charge >= 0.3 is 0 Å². The Bertz CT molecular complexity index is 2540. The van der Waals surface area contributed by atoms with E-state index in [1.165, 1.54) is 40.4 Å². The van der Waals surface area contributed by atoms with Gasteiger partial charge in [-0.2, -0.15) is 0 Å². The van der Waals surface area contributed by atoms with Crippen molar-refractivity contribution in [3.8, 4) is 9.75 Å². The molecule has 4 aromatic heterocycles. The van der Waals surface area contributed by atoms with Gasteiger partial charge in [0.2, 0.25) is 0 Å². The number of allylic oxidation sites excluding steroid dienone is 2. The molecule has 2 aromatic carbocycles. The van der Waals surface area contributed by atoms with Gasteiger partial charge in [-0.1, -0.05) is 13.8 Å². The molecule has 0 atom stereocenters. The molecular weight excluding hydrogens is 689 g/mol. The number of hydrogen-bond acceptors (Lipinski definition) is 8. The lowest BCUT2D eigenvalue weighted by molar-refractivity contribution is 0.0975.